The van der Waals surface area contributed by atoms with Gasteiger partial charge in [0.25, 0.3) is 0 Å². The third kappa shape index (κ3) is 6.40. The summed E-state index contributed by atoms with van der Waals surface area (Å²) >= 11 is 6.69. The van der Waals surface area contributed by atoms with Crippen LogP contribution < -0.4 is 5.32 Å². The predicted octanol–water partition coefficient (Wildman–Crippen LogP) is 3.34. The lowest BCUT2D eigenvalue weighted by molar-refractivity contribution is -0.141. The second kappa shape index (κ2) is 9.05. The molecule has 1 aromatic heterocycles. The minimum Gasteiger partial charge on any atom is -0.336 e. The number of aromatic nitrogens is 2. The third-order valence-electron chi connectivity index (χ3n) is 3.20. The molecule has 0 fully saturated rings. The van der Waals surface area contributed by atoms with Gasteiger partial charge in [0.1, 0.15) is 5.69 Å². The van der Waals surface area contributed by atoms with Crippen LogP contribution in [0.4, 0.5) is 18.9 Å². The fourth-order valence-corrected chi connectivity index (χ4v) is 2.81. The van der Waals surface area contributed by atoms with Crippen LogP contribution in [0.2, 0.25) is 5.02 Å². The quantitative estimate of drug-likeness (QED) is 0.575. The maximum Gasteiger partial charge on any atom is 0.433 e. The summed E-state index contributed by atoms with van der Waals surface area (Å²) < 4.78 is 37.9. The van der Waals surface area contributed by atoms with Crippen molar-refractivity contribution in [2.24, 2.45) is 0 Å². The van der Waals surface area contributed by atoms with E-state index in [1.807, 2.05) is 0 Å². The van der Waals surface area contributed by atoms with Crippen LogP contribution in [0.1, 0.15) is 5.69 Å². The Labute approximate surface area is 162 Å². The number of likely N-dealkylation sites (N-methyl/N-ethyl adjacent to an activating group) is 1. The molecule has 0 saturated heterocycles. The topological polar surface area (TPSA) is 75.2 Å². The SMILES string of the molecule is CN(CC(=O)Nc1ccccc1Cl)C(=O)CSc1nccc(C(F)(F)F)n1. The number of thioether (sulfide) groups is 1. The van der Waals surface area contributed by atoms with Crippen LogP contribution in [0, 0.1) is 0 Å². The summed E-state index contributed by atoms with van der Waals surface area (Å²) in [7, 11) is 1.40. The van der Waals surface area contributed by atoms with Crippen molar-refractivity contribution < 1.29 is 22.8 Å². The number of halogens is 4. The summed E-state index contributed by atoms with van der Waals surface area (Å²) in [6.07, 6.45) is -3.61. The minimum atomic E-state index is -4.59. The lowest BCUT2D eigenvalue weighted by atomic mass is 10.3. The van der Waals surface area contributed by atoms with Gasteiger partial charge in [0.05, 0.1) is 23.0 Å². The van der Waals surface area contributed by atoms with Crippen molar-refractivity contribution in [3.63, 3.8) is 0 Å². The highest BCUT2D eigenvalue weighted by Crippen LogP contribution is 2.28. The van der Waals surface area contributed by atoms with Crippen molar-refractivity contribution in [3.8, 4) is 0 Å². The van der Waals surface area contributed by atoms with Crippen LogP contribution in [0.15, 0.2) is 41.7 Å². The highest BCUT2D eigenvalue weighted by atomic mass is 35.5. The minimum absolute atomic E-state index is 0.174. The number of benzene rings is 1. The Morgan fingerprint density at radius 1 is 1.26 bits per heavy atom. The fraction of sp³-hybridized carbons (Fsp3) is 0.250. The van der Waals surface area contributed by atoms with Crippen molar-refractivity contribution in [2.75, 3.05) is 24.7 Å². The third-order valence-corrected chi connectivity index (χ3v) is 4.38. The second-order valence-electron chi connectivity index (χ2n) is 5.29. The molecule has 0 saturated carbocycles. The predicted molar refractivity (Wildman–Crippen MR) is 95.5 cm³/mol. The van der Waals surface area contributed by atoms with E-state index in [1.165, 1.54) is 7.05 Å². The molecule has 2 amide bonds. The van der Waals surface area contributed by atoms with Gasteiger partial charge in [0.15, 0.2) is 5.16 Å². The monoisotopic (exact) mass is 418 g/mol. The highest BCUT2D eigenvalue weighted by Gasteiger charge is 2.32. The van der Waals surface area contributed by atoms with Crippen molar-refractivity contribution in [3.05, 3.63) is 47.2 Å². The molecule has 11 heteroatoms. The lowest BCUT2D eigenvalue weighted by Gasteiger charge is -2.16. The molecule has 0 unspecified atom stereocenters. The van der Waals surface area contributed by atoms with Crippen molar-refractivity contribution in [1.82, 2.24) is 14.9 Å². The molecule has 144 valence electrons. The van der Waals surface area contributed by atoms with E-state index in [9.17, 15) is 22.8 Å². The standard InChI is InChI=1S/C16H14ClF3N4O2S/c1-24(8-13(25)22-11-5-3-2-4-10(11)17)14(26)9-27-15-21-7-6-12(23-15)16(18,19)20/h2-7H,8-9H2,1H3,(H,22,25). The molecular formula is C16H14ClF3N4O2S. The molecule has 1 aromatic carbocycles. The zero-order valence-corrected chi connectivity index (χ0v) is 15.5. The van der Waals surface area contributed by atoms with Crippen LogP contribution in [-0.4, -0.2) is 46.0 Å². The number of alkyl halides is 3. The summed E-state index contributed by atoms with van der Waals surface area (Å²) in [5.74, 6) is -1.13. The number of carbonyl (C=O) groups excluding carboxylic acids is 2. The first kappa shape index (κ1) is 21.0. The first-order chi connectivity index (χ1) is 12.7. The number of nitrogens with one attached hydrogen (secondary N) is 1. The Morgan fingerprint density at radius 2 is 1.96 bits per heavy atom. The van der Waals surface area contributed by atoms with E-state index in [0.29, 0.717) is 10.7 Å². The molecule has 2 rings (SSSR count). The number of hydrogen-bond donors (Lipinski definition) is 1. The number of nitrogens with zero attached hydrogens (tertiary/aromatic N) is 3. The summed E-state index contributed by atoms with van der Waals surface area (Å²) in [6.45, 7) is -0.242. The van der Waals surface area contributed by atoms with Crippen molar-refractivity contribution in [2.45, 2.75) is 11.3 Å². The van der Waals surface area contributed by atoms with Crippen LogP contribution in [0.25, 0.3) is 0 Å². The lowest BCUT2D eigenvalue weighted by Crippen LogP contribution is -2.36. The molecule has 0 atom stereocenters. The van der Waals surface area contributed by atoms with E-state index in [1.54, 1.807) is 24.3 Å². The Kier molecular flexibility index (Phi) is 7.03. The van der Waals surface area contributed by atoms with Gasteiger partial charge in [-0.25, -0.2) is 9.97 Å². The van der Waals surface area contributed by atoms with Crippen LogP contribution in [0.3, 0.4) is 0 Å². The van der Waals surface area contributed by atoms with Gasteiger partial charge in [0, 0.05) is 13.2 Å². The molecule has 0 aliphatic rings. The second-order valence-corrected chi connectivity index (χ2v) is 6.64. The van der Waals surface area contributed by atoms with Crippen molar-refractivity contribution in [1.29, 1.82) is 0 Å². The van der Waals surface area contributed by atoms with E-state index in [-0.39, 0.29) is 17.5 Å². The van der Waals surface area contributed by atoms with E-state index >= 15 is 0 Å². The Morgan fingerprint density at radius 3 is 2.63 bits per heavy atom. The molecule has 6 nitrogen and oxygen atoms in total. The smallest absolute Gasteiger partial charge is 0.336 e. The van der Waals surface area contributed by atoms with E-state index < -0.39 is 23.7 Å². The summed E-state index contributed by atoms with van der Waals surface area (Å²) in [6, 6.07) is 7.38. The Bertz CT molecular complexity index is 835. The zero-order chi connectivity index (χ0) is 20.0. The van der Waals surface area contributed by atoms with Crippen LogP contribution in [0.5, 0.6) is 0 Å². The summed E-state index contributed by atoms with van der Waals surface area (Å²) in [4.78, 5) is 32.3. The van der Waals surface area contributed by atoms with E-state index in [4.69, 9.17) is 11.6 Å². The molecule has 0 bridgehead atoms. The maximum atomic E-state index is 12.6. The molecule has 1 N–H and O–H groups in total. The maximum absolute atomic E-state index is 12.6. The van der Waals surface area contributed by atoms with Crippen LogP contribution in [-0.2, 0) is 15.8 Å². The Balaban J connectivity index is 1.87. The average Bonchev–Trinajstić information content (AvgIpc) is 2.61. The highest BCUT2D eigenvalue weighted by molar-refractivity contribution is 7.99. The first-order valence-corrected chi connectivity index (χ1v) is 8.84. The number of anilines is 1. The number of carbonyl (C=O) groups is 2. The number of rotatable bonds is 6. The molecular weight excluding hydrogens is 405 g/mol. The first-order valence-electron chi connectivity index (χ1n) is 7.48. The summed E-state index contributed by atoms with van der Waals surface area (Å²) in [5, 5.41) is 2.76. The normalized spacial score (nSPS) is 11.1. The van der Waals surface area contributed by atoms with Gasteiger partial charge in [-0.3, -0.25) is 9.59 Å². The van der Waals surface area contributed by atoms with Gasteiger partial charge in [-0.1, -0.05) is 35.5 Å². The van der Waals surface area contributed by atoms with Gasteiger partial charge in [-0.2, -0.15) is 13.2 Å². The van der Waals surface area contributed by atoms with Gasteiger partial charge in [-0.15, -0.1) is 0 Å². The number of para-hydroxylation sites is 1. The molecule has 1 heterocycles. The largest absolute Gasteiger partial charge is 0.433 e. The summed E-state index contributed by atoms with van der Waals surface area (Å²) in [5.41, 5.74) is -0.670. The van der Waals surface area contributed by atoms with Gasteiger partial charge < -0.3 is 10.2 Å². The van der Waals surface area contributed by atoms with Crippen molar-refractivity contribution >= 4 is 40.9 Å². The molecule has 0 aliphatic heterocycles. The zero-order valence-electron chi connectivity index (χ0n) is 14.0. The molecule has 0 spiro atoms. The van der Waals surface area contributed by atoms with E-state index in [0.717, 1.165) is 28.9 Å². The number of amides is 2. The molecule has 0 radical (unpaired) electrons. The van der Waals surface area contributed by atoms with Crippen LogP contribution >= 0.6 is 23.4 Å². The number of hydrogen-bond acceptors (Lipinski definition) is 5. The molecule has 2 aromatic rings. The fourth-order valence-electron chi connectivity index (χ4n) is 1.86. The van der Waals surface area contributed by atoms with E-state index in [2.05, 4.69) is 15.3 Å². The molecule has 27 heavy (non-hydrogen) atoms. The van der Waals surface area contributed by atoms with Gasteiger partial charge in [-0.05, 0) is 18.2 Å². The van der Waals surface area contributed by atoms with Gasteiger partial charge in [0.2, 0.25) is 11.8 Å². The average molecular weight is 419 g/mol. The molecule has 0 aliphatic carbocycles. The van der Waals surface area contributed by atoms with Gasteiger partial charge >= 0.3 is 6.18 Å². The Hall–Kier alpha value is -2.33.